The Morgan fingerprint density at radius 2 is 2.25 bits per heavy atom. The Morgan fingerprint density at radius 3 is 2.88 bits per heavy atom. The zero-order chi connectivity index (χ0) is 12.0. The summed E-state index contributed by atoms with van der Waals surface area (Å²) in [6.07, 6.45) is 5.34. The van der Waals surface area contributed by atoms with Crippen LogP contribution in [-0.4, -0.2) is 52.8 Å². The Hall–Kier alpha value is 0.0700. The van der Waals surface area contributed by atoms with Crippen molar-refractivity contribution in [3.8, 4) is 0 Å². The molecule has 0 saturated carbocycles. The maximum atomic E-state index is 11.3. The van der Waals surface area contributed by atoms with Crippen LogP contribution in [-0.2, 0) is 10.8 Å². The van der Waals surface area contributed by atoms with Crippen molar-refractivity contribution in [3.05, 3.63) is 0 Å². The van der Waals surface area contributed by atoms with Crippen LogP contribution in [0, 0.1) is 0 Å². The molecule has 0 aromatic rings. The molecule has 0 bridgehead atoms. The smallest absolute Gasteiger partial charge is 0.0329 e. The molecule has 0 aromatic heterocycles. The SMILES string of the molecule is CCC1CCN(CCC(C)S(C)=O)CCN1. The van der Waals surface area contributed by atoms with E-state index in [1.54, 1.807) is 0 Å². The lowest BCUT2D eigenvalue weighted by Crippen LogP contribution is -2.31. The minimum absolute atomic E-state index is 0.332. The molecule has 96 valence electrons. The molecule has 1 rings (SSSR count). The lowest BCUT2D eigenvalue weighted by molar-refractivity contribution is 0.286. The first kappa shape index (κ1) is 14.1. The normalized spacial score (nSPS) is 27.3. The van der Waals surface area contributed by atoms with Crippen LogP contribution in [0.25, 0.3) is 0 Å². The first-order valence-corrected chi connectivity index (χ1v) is 8.03. The monoisotopic (exact) mass is 246 g/mol. The average molecular weight is 246 g/mol. The molecule has 1 saturated heterocycles. The third kappa shape index (κ3) is 4.93. The predicted octanol–water partition coefficient (Wildman–Crippen LogP) is 1.22. The van der Waals surface area contributed by atoms with E-state index in [1.165, 1.54) is 19.4 Å². The fraction of sp³-hybridized carbons (Fsp3) is 1.00. The molecule has 3 unspecified atom stereocenters. The first-order valence-electron chi connectivity index (χ1n) is 6.41. The summed E-state index contributed by atoms with van der Waals surface area (Å²) >= 11 is 0. The second kappa shape index (κ2) is 7.41. The van der Waals surface area contributed by atoms with E-state index in [0.29, 0.717) is 11.3 Å². The molecule has 3 atom stereocenters. The summed E-state index contributed by atoms with van der Waals surface area (Å²) in [5.74, 6) is 0. The van der Waals surface area contributed by atoms with Gasteiger partial charge in [-0.05, 0) is 32.4 Å². The van der Waals surface area contributed by atoms with Crippen molar-refractivity contribution in [3.63, 3.8) is 0 Å². The standard InChI is InChI=1S/C12H26N2OS/c1-4-12-6-9-14(10-7-13-12)8-5-11(2)16(3)15/h11-13H,4-10H2,1-3H3. The second-order valence-electron chi connectivity index (χ2n) is 4.79. The molecule has 1 fully saturated rings. The third-order valence-electron chi connectivity index (χ3n) is 3.57. The highest BCUT2D eigenvalue weighted by Crippen LogP contribution is 2.07. The summed E-state index contributed by atoms with van der Waals surface area (Å²) in [7, 11) is -0.670. The van der Waals surface area contributed by atoms with Gasteiger partial charge in [0.15, 0.2) is 0 Å². The van der Waals surface area contributed by atoms with Gasteiger partial charge in [0.1, 0.15) is 0 Å². The Labute approximate surface area is 102 Å². The lowest BCUT2D eigenvalue weighted by atomic mass is 10.1. The lowest BCUT2D eigenvalue weighted by Gasteiger charge is -2.21. The van der Waals surface area contributed by atoms with Gasteiger partial charge in [-0.15, -0.1) is 0 Å². The highest BCUT2D eigenvalue weighted by Gasteiger charge is 2.15. The van der Waals surface area contributed by atoms with Crippen molar-refractivity contribution in [1.29, 1.82) is 0 Å². The van der Waals surface area contributed by atoms with Crippen molar-refractivity contribution in [1.82, 2.24) is 10.2 Å². The van der Waals surface area contributed by atoms with Gasteiger partial charge in [0.2, 0.25) is 0 Å². The maximum Gasteiger partial charge on any atom is 0.0329 e. The topological polar surface area (TPSA) is 32.3 Å². The summed E-state index contributed by atoms with van der Waals surface area (Å²) in [4.78, 5) is 2.51. The highest BCUT2D eigenvalue weighted by molar-refractivity contribution is 7.84. The van der Waals surface area contributed by atoms with E-state index in [9.17, 15) is 4.21 Å². The van der Waals surface area contributed by atoms with E-state index >= 15 is 0 Å². The number of rotatable bonds is 5. The zero-order valence-corrected chi connectivity index (χ0v) is 11.7. The molecule has 1 aliphatic heterocycles. The third-order valence-corrected chi connectivity index (χ3v) is 4.94. The van der Waals surface area contributed by atoms with Crippen LogP contribution < -0.4 is 5.32 Å². The van der Waals surface area contributed by atoms with Crippen LogP contribution in [0.1, 0.15) is 33.1 Å². The van der Waals surface area contributed by atoms with Crippen LogP contribution >= 0.6 is 0 Å². The van der Waals surface area contributed by atoms with Gasteiger partial charge in [-0.1, -0.05) is 13.8 Å². The number of nitrogens with zero attached hydrogens (tertiary/aromatic N) is 1. The van der Waals surface area contributed by atoms with Gasteiger partial charge in [0.25, 0.3) is 0 Å². The Kier molecular flexibility index (Phi) is 6.54. The summed E-state index contributed by atoms with van der Waals surface area (Å²) in [6.45, 7) is 8.85. The van der Waals surface area contributed by atoms with Gasteiger partial charge in [-0.3, -0.25) is 4.21 Å². The van der Waals surface area contributed by atoms with E-state index in [1.807, 2.05) is 6.26 Å². The van der Waals surface area contributed by atoms with E-state index < -0.39 is 10.8 Å². The molecular formula is C12H26N2OS. The second-order valence-corrected chi connectivity index (χ2v) is 6.59. The van der Waals surface area contributed by atoms with Crippen molar-refractivity contribution in [2.24, 2.45) is 0 Å². The Morgan fingerprint density at radius 1 is 1.50 bits per heavy atom. The van der Waals surface area contributed by atoms with E-state index in [0.717, 1.165) is 26.1 Å². The molecule has 1 heterocycles. The fourth-order valence-corrected chi connectivity index (χ4v) is 2.52. The molecule has 0 amide bonds. The van der Waals surface area contributed by atoms with Crippen LogP contribution in [0.3, 0.4) is 0 Å². The summed E-state index contributed by atoms with van der Waals surface area (Å²) in [5.41, 5.74) is 0. The quantitative estimate of drug-likeness (QED) is 0.791. The largest absolute Gasteiger partial charge is 0.313 e. The average Bonchev–Trinajstić information content (AvgIpc) is 2.50. The van der Waals surface area contributed by atoms with Gasteiger partial charge in [0.05, 0.1) is 0 Å². The molecule has 0 radical (unpaired) electrons. The van der Waals surface area contributed by atoms with Crippen molar-refractivity contribution >= 4 is 10.8 Å². The molecule has 4 heteroatoms. The molecular weight excluding hydrogens is 220 g/mol. The molecule has 0 aliphatic carbocycles. The molecule has 3 nitrogen and oxygen atoms in total. The van der Waals surface area contributed by atoms with E-state index in [-0.39, 0.29) is 0 Å². The fourth-order valence-electron chi connectivity index (χ4n) is 2.08. The molecule has 1 aliphatic rings. The zero-order valence-electron chi connectivity index (χ0n) is 10.9. The van der Waals surface area contributed by atoms with Crippen LogP contribution in [0.4, 0.5) is 0 Å². The minimum Gasteiger partial charge on any atom is -0.313 e. The first-order chi connectivity index (χ1) is 7.63. The van der Waals surface area contributed by atoms with Gasteiger partial charge in [-0.2, -0.15) is 0 Å². The van der Waals surface area contributed by atoms with Crippen molar-refractivity contribution in [2.45, 2.75) is 44.4 Å². The summed E-state index contributed by atoms with van der Waals surface area (Å²) in [5, 5.41) is 3.90. The molecule has 1 N–H and O–H groups in total. The Bertz CT molecular complexity index is 223. The van der Waals surface area contributed by atoms with Gasteiger partial charge in [-0.25, -0.2) is 0 Å². The predicted molar refractivity (Wildman–Crippen MR) is 71.3 cm³/mol. The maximum absolute atomic E-state index is 11.3. The van der Waals surface area contributed by atoms with E-state index in [2.05, 4.69) is 24.1 Å². The number of nitrogens with one attached hydrogen (secondary N) is 1. The van der Waals surface area contributed by atoms with Gasteiger partial charge in [0, 0.05) is 41.4 Å². The highest BCUT2D eigenvalue weighted by atomic mass is 32.2. The molecule has 16 heavy (non-hydrogen) atoms. The molecule has 0 spiro atoms. The Balaban J connectivity index is 2.25. The number of hydrogen-bond donors (Lipinski definition) is 1. The van der Waals surface area contributed by atoms with Crippen molar-refractivity contribution in [2.75, 3.05) is 32.4 Å². The van der Waals surface area contributed by atoms with E-state index in [4.69, 9.17) is 0 Å². The van der Waals surface area contributed by atoms with Crippen LogP contribution in [0.5, 0.6) is 0 Å². The van der Waals surface area contributed by atoms with Crippen LogP contribution in [0.15, 0.2) is 0 Å². The molecule has 0 aromatic carbocycles. The van der Waals surface area contributed by atoms with Gasteiger partial charge < -0.3 is 10.2 Å². The summed E-state index contributed by atoms with van der Waals surface area (Å²) in [6, 6.07) is 0.697. The van der Waals surface area contributed by atoms with Crippen LogP contribution in [0.2, 0.25) is 0 Å². The minimum atomic E-state index is -0.670. The van der Waals surface area contributed by atoms with Crippen molar-refractivity contribution < 1.29 is 4.21 Å². The van der Waals surface area contributed by atoms with Gasteiger partial charge >= 0.3 is 0 Å². The summed E-state index contributed by atoms with van der Waals surface area (Å²) < 4.78 is 11.3. The number of hydrogen-bond acceptors (Lipinski definition) is 3.